The molecule has 2 heterocycles. The van der Waals surface area contributed by atoms with Crippen LogP contribution in [0.2, 0.25) is 0 Å². The lowest BCUT2D eigenvalue weighted by atomic mass is 10.2. The number of thiophene rings is 1. The van der Waals surface area contributed by atoms with Crippen LogP contribution < -0.4 is 0 Å². The van der Waals surface area contributed by atoms with E-state index in [2.05, 4.69) is 9.89 Å². The van der Waals surface area contributed by atoms with Crippen LogP contribution in [0.3, 0.4) is 0 Å². The van der Waals surface area contributed by atoms with E-state index >= 15 is 0 Å². The normalized spacial score (nSPS) is 10.4. The Morgan fingerprint density at radius 1 is 1.44 bits per heavy atom. The Bertz CT molecular complexity index is 527. The number of methoxy groups -OCH3 is 1. The van der Waals surface area contributed by atoms with E-state index in [0.717, 1.165) is 10.4 Å². The summed E-state index contributed by atoms with van der Waals surface area (Å²) in [6.45, 7) is 4.03. The molecule has 0 aliphatic carbocycles. The van der Waals surface area contributed by atoms with Gasteiger partial charge in [0.05, 0.1) is 7.11 Å². The molecule has 0 atom stereocenters. The molecule has 0 N–H and O–H groups in total. The van der Waals surface area contributed by atoms with Crippen LogP contribution in [-0.2, 0) is 4.74 Å². The van der Waals surface area contributed by atoms with Gasteiger partial charge in [0.15, 0.2) is 11.5 Å². The maximum absolute atomic E-state index is 11.2. The molecule has 0 saturated carbocycles. The Morgan fingerprint density at radius 3 is 2.75 bits per heavy atom. The molecule has 0 fully saturated rings. The fourth-order valence-electron chi connectivity index (χ4n) is 1.48. The number of rotatable bonds is 2. The molecular weight excluding hydrogens is 226 g/mol. The molecule has 2 aromatic heterocycles. The van der Waals surface area contributed by atoms with Crippen molar-refractivity contribution in [2.75, 3.05) is 7.11 Å². The molecule has 0 saturated heterocycles. The molecule has 5 heteroatoms. The van der Waals surface area contributed by atoms with Crippen LogP contribution in [0.15, 0.2) is 16.7 Å². The zero-order valence-electron chi connectivity index (χ0n) is 9.23. The molecule has 0 unspecified atom stereocenters. The van der Waals surface area contributed by atoms with E-state index in [-0.39, 0.29) is 5.69 Å². The van der Waals surface area contributed by atoms with Gasteiger partial charge in [-0.05, 0) is 19.9 Å². The van der Waals surface area contributed by atoms with Gasteiger partial charge in [-0.3, -0.25) is 0 Å². The van der Waals surface area contributed by atoms with Gasteiger partial charge in [-0.25, -0.2) is 4.79 Å². The molecule has 0 aliphatic heterocycles. The second-order valence-electron chi connectivity index (χ2n) is 3.39. The van der Waals surface area contributed by atoms with Gasteiger partial charge in [-0.1, -0.05) is 5.16 Å². The predicted octanol–water partition coefficient (Wildman–Crippen LogP) is 2.81. The number of aryl methyl sites for hydroxylation is 2. The summed E-state index contributed by atoms with van der Waals surface area (Å²) in [5, 5.41) is 3.67. The Labute approximate surface area is 96.8 Å². The van der Waals surface area contributed by atoms with E-state index in [9.17, 15) is 4.79 Å². The summed E-state index contributed by atoms with van der Waals surface area (Å²) in [6, 6.07) is 3.61. The van der Waals surface area contributed by atoms with E-state index in [1.165, 1.54) is 12.0 Å². The molecule has 0 bridgehead atoms. The fourth-order valence-corrected chi connectivity index (χ4v) is 2.41. The Morgan fingerprint density at radius 2 is 2.19 bits per heavy atom. The summed E-state index contributed by atoms with van der Waals surface area (Å²) in [7, 11) is 1.32. The zero-order valence-corrected chi connectivity index (χ0v) is 10.1. The average molecular weight is 237 g/mol. The molecule has 0 aliphatic rings. The Balaban J connectivity index is 2.38. The van der Waals surface area contributed by atoms with Gasteiger partial charge in [0.1, 0.15) is 0 Å². The SMILES string of the molecule is COC(=O)c1cc(-c2cc(C)sc2C)on1. The number of nitrogens with zero attached hydrogens (tertiary/aromatic N) is 1. The van der Waals surface area contributed by atoms with Crippen molar-refractivity contribution < 1.29 is 14.1 Å². The number of carbonyl (C=O) groups excluding carboxylic acids is 1. The van der Waals surface area contributed by atoms with Crippen LogP contribution in [0.25, 0.3) is 11.3 Å². The van der Waals surface area contributed by atoms with Crippen LogP contribution in [0.4, 0.5) is 0 Å². The molecule has 0 amide bonds. The second kappa shape index (κ2) is 4.09. The molecule has 4 nitrogen and oxygen atoms in total. The van der Waals surface area contributed by atoms with E-state index in [4.69, 9.17) is 4.52 Å². The van der Waals surface area contributed by atoms with Gasteiger partial charge < -0.3 is 9.26 Å². The maximum atomic E-state index is 11.2. The quantitative estimate of drug-likeness (QED) is 0.754. The van der Waals surface area contributed by atoms with Gasteiger partial charge >= 0.3 is 5.97 Å². The number of hydrogen-bond acceptors (Lipinski definition) is 5. The summed E-state index contributed by atoms with van der Waals surface area (Å²) >= 11 is 1.68. The second-order valence-corrected chi connectivity index (χ2v) is 4.86. The Hall–Kier alpha value is -1.62. The van der Waals surface area contributed by atoms with Crippen molar-refractivity contribution in [2.45, 2.75) is 13.8 Å². The van der Waals surface area contributed by atoms with Gasteiger partial charge in [-0.15, -0.1) is 11.3 Å². The molecule has 84 valence electrons. The number of esters is 1. The van der Waals surface area contributed by atoms with Gasteiger partial charge in [0.25, 0.3) is 0 Å². The molecule has 0 aromatic carbocycles. The number of hydrogen-bond donors (Lipinski definition) is 0. The van der Waals surface area contributed by atoms with Crippen molar-refractivity contribution in [2.24, 2.45) is 0 Å². The average Bonchev–Trinajstić information content (AvgIpc) is 2.83. The predicted molar refractivity (Wildman–Crippen MR) is 60.6 cm³/mol. The minimum atomic E-state index is -0.486. The first-order valence-corrected chi connectivity index (χ1v) is 5.56. The van der Waals surface area contributed by atoms with Crippen molar-refractivity contribution in [1.82, 2.24) is 5.16 Å². The van der Waals surface area contributed by atoms with E-state index in [1.54, 1.807) is 17.4 Å². The molecule has 0 radical (unpaired) electrons. The summed E-state index contributed by atoms with van der Waals surface area (Å²) in [6.07, 6.45) is 0. The smallest absolute Gasteiger partial charge is 0.360 e. The van der Waals surface area contributed by atoms with Crippen LogP contribution in [-0.4, -0.2) is 18.2 Å². The lowest BCUT2D eigenvalue weighted by Gasteiger charge is -1.90. The monoisotopic (exact) mass is 237 g/mol. The minimum Gasteiger partial charge on any atom is -0.464 e. The minimum absolute atomic E-state index is 0.195. The third kappa shape index (κ3) is 1.86. The molecule has 16 heavy (non-hydrogen) atoms. The van der Waals surface area contributed by atoms with Crippen LogP contribution in [0.5, 0.6) is 0 Å². The Kier molecular flexibility index (Phi) is 2.78. The van der Waals surface area contributed by atoms with Crippen molar-refractivity contribution >= 4 is 17.3 Å². The third-order valence-corrected chi connectivity index (χ3v) is 3.18. The number of aromatic nitrogens is 1. The van der Waals surface area contributed by atoms with Crippen molar-refractivity contribution in [3.8, 4) is 11.3 Å². The van der Waals surface area contributed by atoms with Crippen LogP contribution in [0, 0.1) is 13.8 Å². The first kappa shape index (κ1) is 10.9. The highest BCUT2D eigenvalue weighted by Crippen LogP contribution is 2.30. The summed E-state index contributed by atoms with van der Waals surface area (Å²) < 4.78 is 9.69. The standard InChI is InChI=1S/C11H11NO3S/c1-6-4-8(7(2)16-6)10-5-9(12-15-10)11(13)14-3/h4-5H,1-3H3. The van der Waals surface area contributed by atoms with Crippen molar-refractivity contribution in [3.05, 3.63) is 27.6 Å². The highest BCUT2D eigenvalue weighted by molar-refractivity contribution is 7.12. The van der Waals surface area contributed by atoms with E-state index in [1.807, 2.05) is 19.9 Å². The van der Waals surface area contributed by atoms with Crippen LogP contribution >= 0.6 is 11.3 Å². The largest absolute Gasteiger partial charge is 0.464 e. The number of ether oxygens (including phenoxy) is 1. The van der Waals surface area contributed by atoms with Gasteiger partial charge in [0.2, 0.25) is 0 Å². The van der Waals surface area contributed by atoms with Crippen molar-refractivity contribution in [3.63, 3.8) is 0 Å². The molecule has 0 spiro atoms. The topological polar surface area (TPSA) is 52.3 Å². The van der Waals surface area contributed by atoms with E-state index in [0.29, 0.717) is 5.76 Å². The lowest BCUT2D eigenvalue weighted by Crippen LogP contribution is -2.00. The number of carbonyl (C=O) groups is 1. The first-order chi connectivity index (χ1) is 7.61. The highest BCUT2D eigenvalue weighted by atomic mass is 32.1. The summed E-state index contributed by atoms with van der Waals surface area (Å²) in [5.41, 5.74) is 1.17. The molecular formula is C11H11NO3S. The maximum Gasteiger partial charge on any atom is 0.360 e. The van der Waals surface area contributed by atoms with Crippen LogP contribution in [0.1, 0.15) is 20.2 Å². The first-order valence-electron chi connectivity index (χ1n) is 4.74. The zero-order chi connectivity index (χ0) is 11.7. The highest BCUT2D eigenvalue weighted by Gasteiger charge is 2.16. The van der Waals surface area contributed by atoms with Crippen molar-refractivity contribution in [1.29, 1.82) is 0 Å². The van der Waals surface area contributed by atoms with E-state index < -0.39 is 5.97 Å². The van der Waals surface area contributed by atoms with Gasteiger partial charge in [-0.2, -0.15) is 0 Å². The molecule has 2 rings (SSSR count). The lowest BCUT2D eigenvalue weighted by molar-refractivity contribution is 0.0589. The van der Waals surface area contributed by atoms with Gasteiger partial charge in [0, 0.05) is 21.4 Å². The molecule has 2 aromatic rings. The summed E-state index contributed by atoms with van der Waals surface area (Å²) in [4.78, 5) is 13.5. The third-order valence-electron chi connectivity index (χ3n) is 2.21. The fraction of sp³-hybridized carbons (Fsp3) is 0.273. The summed E-state index contributed by atoms with van der Waals surface area (Å²) in [5.74, 6) is 0.113.